The average molecular weight is 302 g/mol. The first-order valence-electron chi connectivity index (χ1n) is 7.37. The van der Waals surface area contributed by atoms with Gasteiger partial charge in [-0.2, -0.15) is 0 Å². The van der Waals surface area contributed by atoms with Crippen LogP contribution in [0.25, 0.3) is 5.70 Å². The van der Waals surface area contributed by atoms with Crippen molar-refractivity contribution < 1.29 is 4.79 Å². The smallest absolute Gasteiger partial charge is 0.185 e. The molecule has 1 heterocycles. The maximum Gasteiger partial charge on any atom is 0.185 e. The minimum atomic E-state index is 0.0161. The largest absolute Gasteiger partial charge is 0.370 e. The monoisotopic (exact) mass is 302 g/mol. The van der Waals surface area contributed by atoms with E-state index >= 15 is 0 Å². The van der Waals surface area contributed by atoms with E-state index in [1.165, 1.54) is 23.7 Å². The molecule has 1 saturated heterocycles. The lowest BCUT2D eigenvalue weighted by Gasteiger charge is -2.26. The number of hydrogen-bond acceptors (Lipinski definition) is 3. The van der Waals surface area contributed by atoms with Gasteiger partial charge in [-0.3, -0.25) is 4.99 Å². The molecule has 5 heteroatoms. The van der Waals surface area contributed by atoms with Gasteiger partial charge in [0.15, 0.2) is 5.96 Å². The van der Waals surface area contributed by atoms with Crippen molar-refractivity contribution in [2.24, 2.45) is 16.5 Å². The highest BCUT2D eigenvalue weighted by Gasteiger charge is 2.25. The molecule has 0 saturated carbocycles. The van der Waals surface area contributed by atoms with E-state index in [4.69, 9.17) is 11.5 Å². The minimum absolute atomic E-state index is 0.0161. The van der Waals surface area contributed by atoms with E-state index in [-0.39, 0.29) is 12.0 Å². The standard InChI is InChI=1S/C15H19NO.C2H7N3/c1-11-6-4-8-15(12(11)2)13(3)16-9-5-7-14(16)10-17;1-5-2(3)4/h4,6,8,10,14H,3,5,7,9H2,1-2H3;1H3,(H4,3,4,5). The lowest BCUT2D eigenvalue weighted by Crippen LogP contribution is -2.28. The average Bonchev–Trinajstić information content (AvgIpc) is 2.98. The first kappa shape index (κ1) is 17.8. The molecule has 0 amide bonds. The Bertz CT molecular complexity index is 562. The van der Waals surface area contributed by atoms with Crippen LogP contribution in [-0.4, -0.2) is 36.8 Å². The molecule has 0 aromatic heterocycles. The summed E-state index contributed by atoms with van der Waals surface area (Å²) in [7, 11) is 1.54. The van der Waals surface area contributed by atoms with Gasteiger partial charge >= 0.3 is 0 Å². The van der Waals surface area contributed by atoms with Crippen LogP contribution in [0.5, 0.6) is 0 Å². The number of aryl methyl sites for hydroxylation is 1. The van der Waals surface area contributed by atoms with Crippen LogP contribution < -0.4 is 11.5 Å². The highest BCUT2D eigenvalue weighted by atomic mass is 16.1. The van der Waals surface area contributed by atoms with Crippen LogP contribution >= 0.6 is 0 Å². The molecule has 2 rings (SSSR count). The van der Waals surface area contributed by atoms with Crippen LogP contribution in [0, 0.1) is 13.8 Å². The van der Waals surface area contributed by atoms with Crippen molar-refractivity contribution >= 4 is 17.9 Å². The summed E-state index contributed by atoms with van der Waals surface area (Å²) in [5.74, 6) is 0.130. The highest BCUT2D eigenvalue weighted by Crippen LogP contribution is 2.29. The van der Waals surface area contributed by atoms with Crippen LogP contribution in [0.15, 0.2) is 29.8 Å². The predicted molar refractivity (Wildman–Crippen MR) is 92.5 cm³/mol. The molecule has 1 aliphatic rings. The molecule has 5 nitrogen and oxygen atoms in total. The molecule has 1 atom stereocenters. The number of guanidine groups is 1. The van der Waals surface area contributed by atoms with E-state index in [0.717, 1.165) is 31.4 Å². The Morgan fingerprint density at radius 1 is 1.41 bits per heavy atom. The lowest BCUT2D eigenvalue weighted by atomic mass is 10.0. The van der Waals surface area contributed by atoms with E-state index in [0.29, 0.717) is 0 Å². The van der Waals surface area contributed by atoms with Gasteiger partial charge in [-0.1, -0.05) is 24.8 Å². The SMILES string of the molecule is C=C(c1cccc(C)c1C)N1CCCC1C=O.CN=C(N)N. The van der Waals surface area contributed by atoms with Crippen LogP contribution in [0.3, 0.4) is 0 Å². The number of carbonyl (C=O) groups excluding carboxylic acids is 1. The zero-order valence-corrected chi connectivity index (χ0v) is 13.7. The van der Waals surface area contributed by atoms with E-state index in [9.17, 15) is 4.79 Å². The highest BCUT2D eigenvalue weighted by molar-refractivity contribution is 5.75. The summed E-state index contributed by atoms with van der Waals surface area (Å²) in [6.45, 7) is 9.33. The number of likely N-dealkylation sites (tertiary alicyclic amines) is 1. The Morgan fingerprint density at radius 3 is 2.59 bits per heavy atom. The van der Waals surface area contributed by atoms with Gasteiger partial charge in [0.25, 0.3) is 0 Å². The molecule has 1 aliphatic heterocycles. The van der Waals surface area contributed by atoms with Crippen LogP contribution in [0.4, 0.5) is 0 Å². The molecular formula is C17H26N4O. The third-order valence-corrected chi connectivity index (χ3v) is 3.98. The maximum atomic E-state index is 11.0. The van der Waals surface area contributed by atoms with Crippen molar-refractivity contribution in [3.8, 4) is 0 Å². The van der Waals surface area contributed by atoms with Gasteiger partial charge in [-0.05, 0) is 37.8 Å². The van der Waals surface area contributed by atoms with Crippen molar-refractivity contribution in [2.75, 3.05) is 13.6 Å². The number of hydrogen-bond donors (Lipinski definition) is 2. The summed E-state index contributed by atoms with van der Waals surface area (Å²) < 4.78 is 0. The van der Waals surface area contributed by atoms with E-state index in [1.807, 2.05) is 0 Å². The van der Waals surface area contributed by atoms with Crippen LogP contribution in [-0.2, 0) is 4.79 Å². The zero-order chi connectivity index (χ0) is 16.7. The number of carbonyl (C=O) groups is 1. The molecule has 4 N–H and O–H groups in total. The number of rotatable bonds is 3. The Morgan fingerprint density at radius 2 is 2.05 bits per heavy atom. The molecular weight excluding hydrogens is 276 g/mol. The molecule has 22 heavy (non-hydrogen) atoms. The van der Waals surface area contributed by atoms with Crippen LogP contribution in [0.1, 0.15) is 29.5 Å². The molecule has 0 spiro atoms. The van der Waals surface area contributed by atoms with Gasteiger partial charge in [-0.25, -0.2) is 0 Å². The third-order valence-electron chi connectivity index (χ3n) is 3.98. The van der Waals surface area contributed by atoms with Gasteiger partial charge in [0.05, 0.1) is 6.04 Å². The Hall–Kier alpha value is -2.30. The molecule has 1 aromatic carbocycles. The first-order valence-corrected chi connectivity index (χ1v) is 7.37. The van der Waals surface area contributed by atoms with E-state index in [1.54, 1.807) is 0 Å². The fourth-order valence-electron chi connectivity index (χ4n) is 2.49. The lowest BCUT2D eigenvalue weighted by molar-refractivity contribution is -0.110. The number of nitrogens with zero attached hydrogens (tertiary/aromatic N) is 2. The molecule has 1 fully saturated rings. The van der Waals surface area contributed by atoms with Crippen molar-refractivity contribution in [1.29, 1.82) is 0 Å². The van der Waals surface area contributed by atoms with Gasteiger partial charge in [0.2, 0.25) is 0 Å². The van der Waals surface area contributed by atoms with Crippen molar-refractivity contribution in [3.63, 3.8) is 0 Å². The van der Waals surface area contributed by atoms with Crippen LogP contribution in [0.2, 0.25) is 0 Å². The summed E-state index contributed by atoms with van der Waals surface area (Å²) >= 11 is 0. The molecule has 0 bridgehead atoms. The van der Waals surface area contributed by atoms with Gasteiger partial charge in [0, 0.05) is 24.9 Å². The number of aldehydes is 1. The second-order valence-corrected chi connectivity index (χ2v) is 5.38. The number of benzene rings is 1. The third kappa shape index (κ3) is 4.35. The summed E-state index contributed by atoms with van der Waals surface area (Å²) in [4.78, 5) is 16.5. The summed E-state index contributed by atoms with van der Waals surface area (Å²) in [5, 5.41) is 0. The Labute approximate surface area is 132 Å². The Balaban J connectivity index is 0.000000422. The molecule has 1 aromatic rings. The summed E-state index contributed by atoms with van der Waals surface area (Å²) in [6, 6.07) is 6.26. The fourth-order valence-corrected chi connectivity index (χ4v) is 2.49. The minimum Gasteiger partial charge on any atom is -0.370 e. The van der Waals surface area contributed by atoms with E-state index in [2.05, 4.69) is 48.5 Å². The van der Waals surface area contributed by atoms with Gasteiger partial charge in [-0.15, -0.1) is 0 Å². The van der Waals surface area contributed by atoms with Crippen molar-refractivity contribution in [1.82, 2.24) is 4.90 Å². The molecule has 120 valence electrons. The van der Waals surface area contributed by atoms with Gasteiger partial charge < -0.3 is 21.2 Å². The number of aliphatic imine (C=N–C) groups is 1. The Kier molecular flexibility index (Phi) is 6.63. The first-order chi connectivity index (χ1) is 10.4. The molecule has 0 aliphatic carbocycles. The van der Waals surface area contributed by atoms with Crippen molar-refractivity contribution in [3.05, 3.63) is 41.5 Å². The van der Waals surface area contributed by atoms with Crippen molar-refractivity contribution in [2.45, 2.75) is 32.7 Å². The number of nitrogens with two attached hydrogens (primary N) is 2. The van der Waals surface area contributed by atoms with E-state index < -0.39 is 0 Å². The summed E-state index contributed by atoms with van der Waals surface area (Å²) in [6.07, 6.45) is 3.07. The fraction of sp³-hybridized carbons (Fsp3) is 0.412. The second-order valence-electron chi connectivity index (χ2n) is 5.38. The molecule has 0 radical (unpaired) electrons. The zero-order valence-electron chi connectivity index (χ0n) is 13.7. The van der Waals surface area contributed by atoms with Gasteiger partial charge in [0.1, 0.15) is 6.29 Å². The second kappa shape index (κ2) is 8.22. The summed E-state index contributed by atoms with van der Waals surface area (Å²) in [5.41, 5.74) is 14.3. The maximum absolute atomic E-state index is 11.0. The quantitative estimate of drug-likeness (QED) is 0.507. The normalized spacial score (nSPS) is 16.5. The predicted octanol–water partition coefficient (Wildman–Crippen LogP) is 1.83. The molecule has 1 unspecified atom stereocenters. The topological polar surface area (TPSA) is 84.7 Å².